The van der Waals surface area contributed by atoms with E-state index in [1.54, 1.807) is 0 Å². The lowest BCUT2D eigenvalue weighted by atomic mass is 10.0. The molecule has 1 aliphatic rings. The minimum Gasteiger partial charge on any atom is -0.355 e. The maximum atomic E-state index is 11.9. The van der Waals surface area contributed by atoms with E-state index in [-0.39, 0.29) is 5.91 Å². The first kappa shape index (κ1) is 14.1. The highest BCUT2D eigenvalue weighted by molar-refractivity contribution is 5.78. The van der Waals surface area contributed by atoms with Crippen molar-refractivity contribution in [3.63, 3.8) is 0 Å². The summed E-state index contributed by atoms with van der Waals surface area (Å²) in [7, 11) is 0. The standard InChI is InChI=1S/C16H24N2O/c1-14-7-5-6-12-18(14)13-16(19)17-11-10-15-8-3-2-4-9-15/h2-4,8-9,14H,5-7,10-13H2,1H3,(H,17,19). The zero-order valence-corrected chi connectivity index (χ0v) is 11.8. The highest BCUT2D eigenvalue weighted by atomic mass is 16.2. The molecule has 1 unspecified atom stereocenters. The fourth-order valence-corrected chi connectivity index (χ4v) is 2.62. The van der Waals surface area contributed by atoms with Gasteiger partial charge in [-0.2, -0.15) is 0 Å². The molecular weight excluding hydrogens is 236 g/mol. The van der Waals surface area contributed by atoms with Crippen molar-refractivity contribution >= 4 is 5.91 Å². The largest absolute Gasteiger partial charge is 0.355 e. The average molecular weight is 260 g/mol. The van der Waals surface area contributed by atoms with Gasteiger partial charge < -0.3 is 5.32 Å². The Morgan fingerprint density at radius 1 is 1.32 bits per heavy atom. The van der Waals surface area contributed by atoms with Crippen molar-refractivity contribution in [1.82, 2.24) is 10.2 Å². The van der Waals surface area contributed by atoms with Gasteiger partial charge in [0.15, 0.2) is 0 Å². The maximum absolute atomic E-state index is 11.9. The van der Waals surface area contributed by atoms with E-state index >= 15 is 0 Å². The lowest BCUT2D eigenvalue weighted by Crippen LogP contribution is -2.44. The molecule has 1 fully saturated rings. The van der Waals surface area contributed by atoms with Crippen molar-refractivity contribution in [2.24, 2.45) is 0 Å². The van der Waals surface area contributed by atoms with Gasteiger partial charge in [0.05, 0.1) is 6.54 Å². The molecule has 2 rings (SSSR count). The number of piperidine rings is 1. The van der Waals surface area contributed by atoms with E-state index in [0.29, 0.717) is 12.6 Å². The van der Waals surface area contributed by atoms with Crippen molar-refractivity contribution in [2.75, 3.05) is 19.6 Å². The fraction of sp³-hybridized carbons (Fsp3) is 0.562. The van der Waals surface area contributed by atoms with E-state index in [9.17, 15) is 4.79 Å². The normalized spacial score (nSPS) is 20.2. The molecule has 1 aliphatic heterocycles. The fourth-order valence-electron chi connectivity index (χ4n) is 2.62. The zero-order valence-electron chi connectivity index (χ0n) is 11.8. The first-order chi connectivity index (χ1) is 9.25. The molecule has 1 aromatic carbocycles. The number of nitrogens with zero attached hydrogens (tertiary/aromatic N) is 1. The number of likely N-dealkylation sites (tertiary alicyclic amines) is 1. The minimum atomic E-state index is 0.157. The van der Waals surface area contributed by atoms with Crippen LogP contribution in [0.25, 0.3) is 0 Å². The Morgan fingerprint density at radius 3 is 2.84 bits per heavy atom. The number of rotatable bonds is 5. The average Bonchev–Trinajstić information content (AvgIpc) is 2.43. The second-order valence-electron chi connectivity index (χ2n) is 5.40. The number of hydrogen-bond donors (Lipinski definition) is 1. The van der Waals surface area contributed by atoms with Gasteiger partial charge in [0.1, 0.15) is 0 Å². The molecule has 0 aliphatic carbocycles. The molecule has 0 spiro atoms. The van der Waals surface area contributed by atoms with E-state index in [2.05, 4.69) is 29.3 Å². The summed E-state index contributed by atoms with van der Waals surface area (Å²) in [4.78, 5) is 14.2. The summed E-state index contributed by atoms with van der Waals surface area (Å²) in [6, 6.07) is 10.8. The number of nitrogens with one attached hydrogen (secondary N) is 1. The first-order valence-corrected chi connectivity index (χ1v) is 7.30. The van der Waals surface area contributed by atoms with Crippen LogP contribution in [0.3, 0.4) is 0 Å². The predicted octanol–water partition coefficient (Wildman–Crippen LogP) is 2.22. The van der Waals surface area contributed by atoms with E-state index in [1.807, 2.05) is 18.2 Å². The van der Waals surface area contributed by atoms with Crippen molar-refractivity contribution in [3.8, 4) is 0 Å². The third kappa shape index (κ3) is 4.67. The number of hydrogen-bond acceptors (Lipinski definition) is 2. The van der Waals surface area contributed by atoms with Gasteiger partial charge in [-0.05, 0) is 38.3 Å². The van der Waals surface area contributed by atoms with Gasteiger partial charge in [0.25, 0.3) is 0 Å². The SMILES string of the molecule is CC1CCCCN1CC(=O)NCCc1ccccc1. The summed E-state index contributed by atoms with van der Waals surface area (Å²) < 4.78 is 0. The Kier molecular flexibility index (Phi) is 5.40. The van der Waals surface area contributed by atoms with Crippen LogP contribution in [-0.2, 0) is 11.2 Å². The molecule has 0 bridgehead atoms. The lowest BCUT2D eigenvalue weighted by Gasteiger charge is -2.32. The van der Waals surface area contributed by atoms with Gasteiger partial charge in [0.2, 0.25) is 5.91 Å². The molecular formula is C16H24N2O. The van der Waals surface area contributed by atoms with Crippen LogP contribution in [0.1, 0.15) is 31.7 Å². The molecule has 1 heterocycles. The van der Waals surface area contributed by atoms with Gasteiger partial charge >= 0.3 is 0 Å². The molecule has 104 valence electrons. The van der Waals surface area contributed by atoms with Crippen LogP contribution in [0.5, 0.6) is 0 Å². The maximum Gasteiger partial charge on any atom is 0.234 e. The molecule has 3 nitrogen and oxygen atoms in total. The quantitative estimate of drug-likeness (QED) is 0.880. The molecule has 0 saturated carbocycles. The predicted molar refractivity (Wildman–Crippen MR) is 78.0 cm³/mol. The topological polar surface area (TPSA) is 32.3 Å². The summed E-state index contributed by atoms with van der Waals surface area (Å²) in [5.74, 6) is 0.157. The van der Waals surface area contributed by atoms with Crippen LogP contribution in [0.4, 0.5) is 0 Å². The van der Waals surface area contributed by atoms with Crippen LogP contribution < -0.4 is 5.32 Å². The summed E-state index contributed by atoms with van der Waals surface area (Å²) >= 11 is 0. The number of amides is 1. The highest BCUT2D eigenvalue weighted by Crippen LogP contribution is 2.15. The Bertz CT molecular complexity index is 391. The summed E-state index contributed by atoms with van der Waals surface area (Å²) in [5, 5.41) is 3.02. The molecule has 19 heavy (non-hydrogen) atoms. The lowest BCUT2D eigenvalue weighted by molar-refractivity contribution is -0.123. The number of carbonyl (C=O) groups is 1. The van der Waals surface area contributed by atoms with Crippen molar-refractivity contribution in [3.05, 3.63) is 35.9 Å². The van der Waals surface area contributed by atoms with Gasteiger partial charge in [-0.1, -0.05) is 36.8 Å². The van der Waals surface area contributed by atoms with Gasteiger partial charge in [-0.25, -0.2) is 0 Å². The van der Waals surface area contributed by atoms with Gasteiger partial charge in [-0.15, -0.1) is 0 Å². The molecule has 1 atom stereocenters. The molecule has 1 N–H and O–H groups in total. The van der Waals surface area contributed by atoms with Gasteiger partial charge in [-0.3, -0.25) is 9.69 Å². The van der Waals surface area contributed by atoms with E-state index in [1.165, 1.54) is 24.8 Å². The third-order valence-corrected chi connectivity index (χ3v) is 3.87. The Morgan fingerprint density at radius 2 is 2.11 bits per heavy atom. The molecule has 0 radical (unpaired) electrons. The van der Waals surface area contributed by atoms with Crippen molar-refractivity contribution in [1.29, 1.82) is 0 Å². The van der Waals surface area contributed by atoms with Crippen molar-refractivity contribution < 1.29 is 4.79 Å². The molecule has 1 saturated heterocycles. The number of carbonyl (C=O) groups excluding carboxylic acids is 1. The summed E-state index contributed by atoms with van der Waals surface area (Å²) in [5.41, 5.74) is 1.27. The zero-order chi connectivity index (χ0) is 13.5. The molecule has 1 amide bonds. The Balaban J connectivity index is 1.67. The van der Waals surface area contributed by atoms with Crippen LogP contribution >= 0.6 is 0 Å². The van der Waals surface area contributed by atoms with Crippen LogP contribution in [-0.4, -0.2) is 36.5 Å². The van der Waals surface area contributed by atoms with Crippen LogP contribution in [0, 0.1) is 0 Å². The smallest absolute Gasteiger partial charge is 0.234 e. The minimum absolute atomic E-state index is 0.157. The monoisotopic (exact) mass is 260 g/mol. The summed E-state index contributed by atoms with van der Waals surface area (Å²) in [6.07, 6.45) is 4.65. The Labute approximate surface area is 116 Å². The van der Waals surface area contributed by atoms with Crippen molar-refractivity contribution in [2.45, 2.75) is 38.6 Å². The first-order valence-electron chi connectivity index (χ1n) is 7.30. The second kappa shape index (κ2) is 7.29. The van der Waals surface area contributed by atoms with Crippen LogP contribution in [0.15, 0.2) is 30.3 Å². The molecule has 1 aromatic rings. The van der Waals surface area contributed by atoms with Gasteiger partial charge in [0, 0.05) is 12.6 Å². The third-order valence-electron chi connectivity index (χ3n) is 3.87. The van der Waals surface area contributed by atoms with E-state index in [0.717, 1.165) is 19.5 Å². The van der Waals surface area contributed by atoms with Crippen LogP contribution in [0.2, 0.25) is 0 Å². The summed E-state index contributed by atoms with van der Waals surface area (Å²) in [6.45, 7) is 4.56. The molecule has 3 heteroatoms. The molecule has 0 aromatic heterocycles. The highest BCUT2D eigenvalue weighted by Gasteiger charge is 2.19. The second-order valence-corrected chi connectivity index (χ2v) is 5.40. The number of benzene rings is 1. The Hall–Kier alpha value is -1.35. The van der Waals surface area contributed by atoms with E-state index < -0.39 is 0 Å². The van der Waals surface area contributed by atoms with E-state index in [4.69, 9.17) is 0 Å².